The number of nitrogens with two attached hydrogens (primary N) is 1. The summed E-state index contributed by atoms with van der Waals surface area (Å²) in [5.41, 5.74) is 6.79. The minimum atomic E-state index is -0.431. The number of nitrogens with one attached hydrogen (secondary N) is 2. The Morgan fingerprint density at radius 1 is 1.63 bits per heavy atom. The fourth-order valence-corrected chi connectivity index (χ4v) is 2.72. The number of primary amides is 1. The lowest BCUT2D eigenvalue weighted by molar-refractivity contribution is 0.100. The molecule has 0 bridgehead atoms. The van der Waals surface area contributed by atoms with Crippen molar-refractivity contribution in [3.8, 4) is 0 Å². The lowest BCUT2D eigenvalue weighted by atomic mass is 9.83. The quantitative estimate of drug-likeness (QED) is 0.745. The SMILES string of the molecule is Cc1nn(C)c(NCC2(C)CCCNC2)c1C(N)=O. The minimum absolute atomic E-state index is 0.200. The van der Waals surface area contributed by atoms with E-state index in [1.165, 1.54) is 12.8 Å². The van der Waals surface area contributed by atoms with Crippen LogP contribution >= 0.6 is 0 Å². The first kappa shape index (κ1) is 13.9. The zero-order valence-corrected chi connectivity index (χ0v) is 11.9. The van der Waals surface area contributed by atoms with Crippen LogP contribution in [0.25, 0.3) is 0 Å². The average molecular weight is 265 g/mol. The summed E-state index contributed by atoms with van der Waals surface area (Å²) in [6.07, 6.45) is 2.36. The van der Waals surface area contributed by atoms with Crippen LogP contribution in [0.15, 0.2) is 0 Å². The number of carbonyl (C=O) groups is 1. The van der Waals surface area contributed by atoms with E-state index in [1.54, 1.807) is 11.6 Å². The average Bonchev–Trinajstić information content (AvgIpc) is 2.62. The van der Waals surface area contributed by atoms with Gasteiger partial charge in [-0.15, -0.1) is 0 Å². The first-order valence-corrected chi connectivity index (χ1v) is 6.71. The van der Waals surface area contributed by atoms with Crippen LogP contribution in [0.5, 0.6) is 0 Å². The Bertz CT molecular complexity index is 474. The summed E-state index contributed by atoms with van der Waals surface area (Å²) in [6.45, 7) is 6.93. The number of hydrogen-bond donors (Lipinski definition) is 3. The number of hydrogen-bond acceptors (Lipinski definition) is 4. The number of amides is 1. The summed E-state index contributed by atoms with van der Waals surface area (Å²) in [5, 5.41) is 11.0. The van der Waals surface area contributed by atoms with Crippen LogP contribution < -0.4 is 16.4 Å². The van der Waals surface area contributed by atoms with Crippen LogP contribution in [-0.4, -0.2) is 35.3 Å². The van der Waals surface area contributed by atoms with Gasteiger partial charge in [-0.3, -0.25) is 9.48 Å². The largest absolute Gasteiger partial charge is 0.369 e. The highest BCUT2D eigenvalue weighted by Gasteiger charge is 2.28. The molecule has 1 atom stereocenters. The minimum Gasteiger partial charge on any atom is -0.369 e. The summed E-state index contributed by atoms with van der Waals surface area (Å²) in [5.74, 6) is 0.289. The normalized spacial score (nSPS) is 23.3. The molecule has 1 aliphatic rings. The molecule has 1 amide bonds. The monoisotopic (exact) mass is 265 g/mol. The third kappa shape index (κ3) is 2.89. The molecule has 0 aromatic carbocycles. The lowest BCUT2D eigenvalue weighted by Gasteiger charge is -2.34. The Hall–Kier alpha value is -1.56. The van der Waals surface area contributed by atoms with Crippen LogP contribution in [0.3, 0.4) is 0 Å². The first-order chi connectivity index (χ1) is 8.93. The molecule has 19 heavy (non-hydrogen) atoms. The van der Waals surface area contributed by atoms with Gasteiger partial charge in [0.25, 0.3) is 5.91 Å². The van der Waals surface area contributed by atoms with Gasteiger partial charge < -0.3 is 16.4 Å². The van der Waals surface area contributed by atoms with E-state index in [9.17, 15) is 4.79 Å². The van der Waals surface area contributed by atoms with Crippen molar-refractivity contribution in [3.05, 3.63) is 11.3 Å². The van der Waals surface area contributed by atoms with Gasteiger partial charge in [0, 0.05) is 20.1 Å². The zero-order chi connectivity index (χ0) is 14.0. The molecule has 0 saturated carbocycles. The Balaban J connectivity index is 2.13. The van der Waals surface area contributed by atoms with Gasteiger partial charge in [-0.2, -0.15) is 5.10 Å². The third-order valence-corrected chi connectivity index (χ3v) is 3.84. The van der Waals surface area contributed by atoms with Crippen molar-refractivity contribution in [1.29, 1.82) is 0 Å². The van der Waals surface area contributed by atoms with Crippen molar-refractivity contribution in [2.45, 2.75) is 26.7 Å². The summed E-state index contributed by atoms with van der Waals surface area (Å²) in [6, 6.07) is 0. The molecule has 1 aromatic heterocycles. The fraction of sp³-hybridized carbons (Fsp3) is 0.692. The van der Waals surface area contributed by atoms with Crippen molar-refractivity contribution in [2.75, 3.05) is 25.0 Å². The summed E-state index contributed by atoms with van der Waals surface area (Å²) >= 11 is 0. The van der Waals surface area contributed by atoms with Gasteiger partial charge in [-0.25, -0.2) is 0 Å². The second kappa shape index (κ2) is 5.21. The molecular weight excluding hydrogens is 242 g/mol. The Labute approximate surface area is 113 Å². The predicted octanol–water partition coefficient (Wildman–Crippen LogP) is 0.629. The molecule has 6 nitrogen and oxygen atoms in total. The highest BCUT2D eigenvalue weighted by molar-refractivity contribution is 5.98. The standard InChI is InChI=1S/C13H23N5O/c1-9-10(11(14)19)12(18(3)17-9)16-8-13(2)5-4-6-15-7-13/h15-16H,4-8H2,1-3H3,(H2,14,19). The van der Waals surface area contributed by atoms with E-state index >= 15 is 0 Å². The molecule has 1 aliphatic heterocycles. The van der Waals surface area contributed by atoms with Gasteiger partial charge in [0.1, 0.15) is 11.4 Å². The van der Waals surface area contributed by atoms with Crippen LogP contribution in [0.2, 0.25) is 0 Å². The van der Waals surface area contributed by atoms with Crippen LogP contribution in [-0.2, 0) is 7.05 Å². The molecule has 106 valence electrons. The molecular formula is C13H23N5O. The molecule has 0 radical (unpaired) electrons. The number of carbonyl (C=O) groups excluding carboxylic acids is 1. The van der Waals surface area contributed by atoms with E-state index in [4.69, 9.17) is 5.73 Å². The Morgan fingerprint density at radius 2 is 2.37 bits per heavy atom. The van der Waals surface area contributed by atoms with Gasteiger partial charge in [-0.1, -0.05) is 6.92 Å². The number of aromatic nitrogens is 2. The van der Waals surface area contributed by atoms with Gasteiger partial charge in [0.2, 0.25) is 0 Å². The second-order valence-electron chi connectivity index (χ2n) is 5.74. The molecule has 1 aromatic rings. The van der Waals surface area contributed by atoms with E-state index in [2.05, 4.69) is 22.7 Å². The van der Waals surface area contributed by atoms with Crippen LogP contribution in [0, 0.1) is 12.3 Å². The van der Waals surface area contributed by atoms with Crippen molar-refractivity contribution in [1.82, 2.24) is 15.1 Å². The molecule has 1 saturated heterocycles. The van der Waals surface area contributed by atoms with Crippen molar-refractivity contribution in [3.63, 3.8) is 0 Å². The van der Waals surface area contributed by atoms with Gasteiger partial charge in [-0.05, 0) is 31.7 Å². The molecule has 0 aliphatic carbocycles. The Kier molecular flexibility index (Phi) is 3.80. The highest BCUT2D eigenvalue weighted by Crippen LogP contribution is 2.27. The van der Waals surface area contributed by atoms with Gasteiger partial charge in [0.15, 0.2) is 0 Å². The van der Waals surface area contributed by atoms with E-state index in [0.717, 1.165) is 25.5 Å². The van der Waals surface area contributed by atoms with E-state index in [1.807, 2.05) is 7.05 Å². The van der Waals surface area contributed by atoms with Crippen molar-refractivity contribution >= 4 is 11.7 Å². The molecule has 1 unspecified atom stereocenters. The third-order valence-electron chi connectivity index (χ3n) is 3.84. The fourth-order valence-electron chi connectivity index (χ4n) is 2.72. The molecule has 6 heteroatoms. The number of anilines is 1. The second-order valence-corrected chi connectivity index (χ2v) is 5.74. The molecule has 0 spiro atoms. The van der Waals surface area contributed by atoms with E-state index < -0.39 is 5.91 Å². The molecule has 2 rings (SSSR count). The number of aryl methyl sites for hydroxylation is 2. The number of rotatable bonds is 4. The molecule has 4 N–H and O–H groups in total. The highest BCUT2D eigenvalue weighted by atomic mass is 16.1. The summed E-state index contributed by atoms with van der Waals surface area (Å²) in [7, 11) is 1.82. The Morgan fingerprint density at radius 3 is 2.95 bits per heavy atom. The van der Waals surface area contributed by atoms with Crippen LogP contribution in [0.1, 0.15) is 35.8 Å². The summed E-state index contributed by atoms with van der Waals surface area (Å²) in [4.78, 5) is 11.5. The maximum absolute atomic E-state index is 11.5. The zero-order valence-electron chi connectivity index (χ0n) is 11.9. The first-order valence-electron chi connectivity index (χ1n) is 6.71. The van der Waals surface area contributed by atoms with Gasteiger partial charge >= 0.3 is 0 Å². The topological polar surface area (TPSA) is 85.0 Å². The smallest absolute Gasteiger partial charge is 0.254 e. The maximum atomic E-state index is 11.5. The van der Waals surface area contributed by atoms with Crippen LogP contribution in [0.4, 0.5) is 5.82 Å². The van der Waals surface area contributed by atoms with Gasteiger partial charge in [0.05, 0.1) is 5.69 Å². The van der Waals surface area contributed by atoms with E-state index in [0.29, 0.717) is 11.3 Å². The maximum Gasteiger partial charge on any atom is 0.254 e. The predicted molar refractivity (Wildman–Crippen MR) is 75.2 cm³/mol. The lowest BCUT2D eigenvalue weighted by Crippen LogP contribution is -2.42. The van der Waals surface area contributed by atoms with E-state index in [-0.39, 0.29) is 5.41 Å². The summed E-state index contributed by atoms with van der Waals surface area (Å²) < 4.78 is 1.69. The number of piperidine rings is 1. The molecule has 2 heterocycles. The molecule has 1 fully saturated rings. The van der Waals surface area contributed by atoms with Crippen molar-refractivity contribution in [2.24, 2.45) is 18.2 Å². The number of nitrogens with zero attached hydrogens (tertiary/aromatic N) is 2. The van der Waals surface area contributed by atoms with Crippen molar-refractivity contribution < 1.29 is 4.79 Å².